The topological polar surface area (TPSA) is 81.7 Å². The standard InChI is InChI=1S/C34H52N2O6/c1-25(2)35-22-28(37)24-42-29-12-9-26(10-13-29)16-19-40-30-15-18-36(23-30)31-7-5-6-8-32(31)41-20-17-27-11-14-33(38-3)34(21-27)39-4/h9-14,21,25,28,30-32,35,37H,5-8,15-20,22-24H2,1-4H3/t28?,30-,31-,32+/m1/s1. The highest BCUT2D eigenvalue weighted by atomic mass is 16.5. The van der Waals surface area contributed by atoms with Crippen molar-refractivity contribution in [3.8, 4) is 17.2 Å². The van der Waals surface area contributed by atoms with E-state index in [1.165, 1.54) is 30.4 Å². The van der Waals surface area contributed by atoms with E-state index in [4.69, 9.17) is 23.7 Å². The summed E-state index contributed by atoms with van der Waals surface area (Å²) >= 11 is 0. The number of aliphatic hydroxyl groups is 1. The van der Waals surface area contributed by atoms with Crippen LogP contribution in [0, 0.1) is 0 Å². The Morgan fingerprint density at radius 1 is 0.881 bits per heavy atom. The Morgan fingerprint density at radius 3 is 2.36 bits per heavy atom. The molecule has 0 radical (unpaired) electrons. The van der Waals surface area contributed by atoms with E-state index in [1.54, 1.807) is 14.2 Å². The minimum absolute atomic E-state index is 0.280. The van der Waals surface area contributed by atoms with E-state index in [2.05, 4.69) is 42.3 Å². The lowest BCUT2D eigenvalue weighted by Crippen LogP contribution is -2.46. The van der Waals surface area contributed by atoms with Gasteiger partial charge in [0.05, 0.1) is 39.6 Å². The Hall–Kier alpha value is -2.36. The molecule has 2 fully saturated rings. The van der Waals surface area contributed by atoms with E-state index in [1.807, 2.05) is 24.3 Å². The Morgan fingerprint density at radius 2 is 1.60 bits per heavy atom. The molecule has 1 unspecified atom stereocenters. The van der Waals surface area contributed by atoms with Gasteiger partial charge in [-0.15, -0.1) is 0 Å². The Labute approximate surface area is 252 Å². The molecule has 42 heavy (non-hydrogen) atoms. The number of hydrogen-bond acceptors (Lipinski definition) is 8. The van der Waals surface area contributed by atoms with E-state index in [0.29, 0.717) is 31.8 Å². The largest absolute Gasteiger partial charge is 0.493 e. The van der Waals surface area contributed by atoms with Crippen LogP contribution in [0.2, 0.25) is 0 Å². The Kier molecular flexibility index (Phi) is 13.2. The fraction of sp³-hybridized carbons (Fsp3) is 0.647. The van der Waals surface area contributed by atoms with Crippen molar-refractivity contribution in [3.05, 3.63) is 53.6 Å². The SMILES string of the molecule is COc1ccc(CCO[C@H]2CCCC[C@H]2N2CC[C@@H](OCCc3ccc(OCC(O)CNC(C)C)cc3)C2)cc1OC. The summed E-state index contributed by atoms with van der Waals surface area (Å²) < 4.78 is 29.4. The van der Waals surface area contributed by atoms with E-state index in [-0.39, 0.29) is 18.8 Å². The molecule has 0 aromatic heterocycles. The molecule has 234 valence electrons. The Balaban J connectivity index is 1.15. The minimum Gasteiger partial charge on any atom is -0.493 e. The van der Waals surface area contributed by atoms with Crippen LogP contribution in [0.1, 0.15) is 57.1 Å². The molecule has 8 heteroatoms. The second-order valence-corrected chi connectivity index (χ2v) is 11.9. The van der Waals surface area contributed by atoms with Gasteiger partial charge in [0.15, 0.2) is 11.5 Å². The van der Waals surface area contributed by atoms with Crippen molar-refractivity contribution in [1.82, 2.24) is 10.2 Å². The second-order valence-electron chi connectivity index (χ2n) is 11.9. The maximum absolute atomic E-state index is 10.0. The summed E-state index contributed by atoms with van der Waals surface area (Å²) in [6.45, 7) is 8.43. The third-order valence-electron chi connectivity index (χ3n) is 8.36. The molecular formula is C34H52N2O6. The van der Waals surface area contributed by atoms with E-state index < -0.39 is 6.10 Å². The van der Waals surface area contributed by atoms with E-state index >= 15 is 0 Å². The molecule has 2 aromatic carbocycles. The molecule has 1 aliphatic heterocycles. The van der Waals surface area contributed by atoms with Crippen LogP contribution in [-0.4, -0.2) is 94.1 Å². The molecule has 4 rings (SSSR count). The molecule has 2 aliphatic rings. The lowest BCUT2D eigenvalue weighted by Gasteiger charge is -2.38. The van der Waals surface area contributed by atoms with Gasteiger partial charge >= 0.3 is 0 Å². The predicted octanol–water partition coefficient (Wildman–Crippen LogP) is 4.65. The van der Waals surface area contributed by atoms with Crippen LogP contribution in [-0.2, 0) is 22.3 Å². The summed E-state index contributed by atoms with van der Waals surface area (Å²) in [5.74, 6) is 2.30. The molecule has 4 atom stereocenters. The van der Waals surface area contributed by atoms with E-state index in [0.717, 1.165) is 56.0 Å². The van der Waals surface area contributed by atoms with Crippen LogP contribution in [0.3, 0.4) is 0 Å². The molecule has 1 saturated carbocycles. The second kappa shape index (κ2) is 17.1. The summed E-state index contributed by atoms with van der Waals surface area (Å²) in [5.41, 5.74) is 2.43. The average molecular weight is 585 g/mol. The first kappa shape index (κ1) is 32.6. The minimum atomic E-state index is -0.522. The number of nitrogens with one attached hydrogen (secondary N) is 1. The van der Waals surface area contributed by atoms with Crippen molar-refractivity contribution in [2.75, 3.05) is 53.7 Å². The summed E-state index contributed by atoms with van der Waals surface area (Å²) in [6, 6.07) is 15.1. The summed E-state index contributed by atoms with van der Waals surface area (Å²) in [5, 5.41) is 13.3. The van der Waals surface area contributed by atoms with Crippen LogP contribution in [0.5, 0.6) is 17.2 Å². The van der Waals surface area contributed by atoms with Gasteiger partial charge in [0, 0.05) is 31.7 Å². The lowest BCUT2D eigenvalue weighted by molar-refractivity contribution is -0.0343. The number of likely N-dealkylation sites (tertiary alicyclic amines) is 1. The number of ether oxygens (including phenoxy) is 5. The van der Waals surface area contributed by atoms with Crippen molar-refractivity contribution >= 4 is 0 Å². The van der Waals surface area contributed by atoms with Crippen LogP contribution < -0.4 is 19.5 Å². The van der Waals surface area contributed by atoms with Gasteiger partial charge in [0.2, 0.25) is 0 Å². The maximum atomic E-state index is 10.0. The monoisotopic (exact) mass is 584 g/mol. The van der Waals surface area contributed by atoms with Gasteiger partial charge in [-0.3, -0.25) is 4.90 Å². The van der Waals surface area contributed by atoms with Crippen LogP contribution >= 0.6 is 0 Å². The number of methoxy groups -OCH3 is 2. The molecule has 1 saturated heterocycles. The van der Waals surface area contributed by atoms with Crippen molar-refractivity contribution in [1.29, 1.82) is 0 Å². The van der Waals surface area contributed by atoms with Crippen molar-refractivity contribution in [3.63, 3.8) is 0 Å². The molecule has 2 aromatic rings. The molecule has 0 bridgehead atoms. The number of benzene rings is 2. The molecule has 8 nitrogen and oxygen atoms in total. The quantitative estimate of drug-likeness (QED) is 0.278. The highest BCUT2D eigenvalue weighted by Crippen LogP contribution is 2.30. The molecule has 0 amide bonds. The Bertz CT molecular complexity index is 1050. The maximum Gasteiger partial charge on any atom is 0.160 e. The molecule has 1 heterocycles. The van der Waals surface area contributed by atoms with Gasteiger partial charge in [-0.05, 0) is 67.5 Å². The van der Waals surface area contributed by atoms with Gasteiger partial charge in [-0.1, -0.05) is 44.9 Å². The third kappa shape index (κ3) is 10.1. The summed E-state index contributed by atoms with van der Waals surface area (Å²) in [7, 11) is 3.34. The van der Waals surface area contributed by atoms with Crippen LogP contribution in [0.25, 0.3) is 0 Å². The predicted molar refractivity (Wildman–Crippen MR) is 166 cm³/mol. The number of nitrogens with zero attached hydrogens (tertiary/aromatic N) is 1. The summed E-state index contributed by atoms with van der Waals surface area (Å²) in [4.78, 5) is 2.61. The molecule has 0 spiro atoms. The number of aliphatic hydroxyl groups excluding tert-OH is 1. The zero-order valence-corrected chi connectivity index (χ0v) is 26.1. The van der Waals surface area contributed by atoms with Crippen molar-refractivity contribution in [2.45, 2.75) is 89.2 Å². The first-order chi connectivity index (χ1) is 20.4. The summed E-state index contributed by atoms with van der Waals surface area (Å²) in [6.07, 6.45) is 7.71. The molecular weight excluding hydrogens is 532 g/mol. The number of rotatable bonds is 17. The van der Waals surface area contributed by atoms with Gasteiger partial charge in [0.1, 0.15) is 18.5 Å². The van der Waals surface area contributed by atoms with Gasteiger partial charge in [-0.25, -0.2) is 0 Å². The fourth-order valence-corrected chi connectivity index (χ4v) is 5.96. The van der Waals surface area contributed by atoms with Gasteiger partial charge in [-0.2, -0.15) is 0 Å². The zero-order valence-electron chi connectivity index (χ0n) is 26.1. The van der Waals surface area contributed by atoms with Gasteiger partial charge < -0.3 is 34.1 Å². The highest BCUT2D eigenvalue weighted by molar-refractivity contribution is 5.42. The molecule has 2 N–H and O–H groups in total. The number of hydrogen-bond donors (Lipinski definition) is 2. The first-order valence-electron chi connectivity index (χ1n) is 15.8. The molecule has 1 aliphatic carbocycles. The van der Waals surface area contributed by atoms with E-state index in [9.17, 15) is 5.11 Å². The lowest BCUT2D eigenvalue weighted by atomic mass is 9.91. The van der Waals surface area contributed by atoms with Crippen molar-refractivity contribution < 1.29 is 28.8 Å². The average Bonchev–Trinajstić information content (AvgIpc) is 3.48. The highest BCUT2D eigenvalue weighted by Gasteiger charge is 2.35. The third-order valence-corrected chi connectivity index (χ3v) is 8.36. The normalized spacial score (nSPS) is 21.9. The zero-order chi connectivity index (χ0) is 29.7. The first-order valence-corrected chi connectivity index (χ1v) is 15.8. The fourth-order valence-electron chi connectivity index (χ4n) is 5.96. The van der Waals surface area contributed by atoms with Crippen LogP contribution in [0.4, 0.5) is 0 Å². The van der Waals surface area contributed by atoms with Crippen LogP contribution in [0.15, 0.2) is 42.5 Å². The van der Waals surface area contributed by atoms with Crippen molar-refractivity contribution in [2.24, 2.45) is 0 Å². The van der Waals surface area contributed by atoms with Gasteiger partial charge in [0.25, 0.3) is 0 Å². The smallest absolute Gasteiger partial charge is 0.160 e.